The monoisotopic (exact) mass is 340 g/mol. The molecule has 0 radical (unpaired) electrons. The lowest BCUT2D eigenvalue weighted by Crippen LogP contribution is -2.46. The Balaban J connectivity index is 1.84. The second kappa shape index (κ2) is 7.41. The van der Waals surface area contributed by atoms with E-state index in [-0.39, 0.29) is 12.0 Å². The number of hydrogen-bond acceptors (Lipinski definition) is 4. The van der Waals surface area contributed by atoms with E-state index in [4.69, 9.17) is 26.8 Å². The number of nitrogens with zero attached hydrogens (tertiary/aromatic N) is 1. The topological polar surface area (TPSA) is 64.8 Å². The number of halogens is 1. The summed E-state index contributed by atoms with van der Waals surface area (Å²) >= 11 is 6.08. The van der Waals surface area contributed by atoms with Gasteiger partial charge in [0.1, 0.15) is 11.4 Å². The first kappa shape index (κ1) is 17.9. The highest BCUT2D eigenvalue weighted by atomic mass is 35.5. The van der Waals surface area contributed by atoms with Crippen molar-refractivity contribution < 1.29 is 14.3 Å². The van der Waals surface area contributed by atoms with Crippen LogP contribution >= 0.6 is 11.6 Å². The molecule has 0 bridgehead atoms. The van der Waals surface area contributed by atoms with E-state index in [2.05, 4.69) is 0 Å². The molecule has 5 nitrogen and oxygen atoms in total. The van der Waals surface area contributed by atoms with Crippen LogP contribution in [0, 0.1) is 5.92 Å². The fourth-order valence-electron chi connectivity index (χ4n) is 2.52. The van der Waals surface area contributed by atoms with Crippen molar-refractivity contribution in [1.29, 1.82) is 0 Å². The summed E-state index contributed by atoms with van der Waals surface area (Å²) < 4.78 is 11.2. The Morgan fingerprint density at radius 1 is 1.30 bits per heavy atom. The van der Waals surface area contributed by atoms with Crippen LogP contribution < -0.4 is 10.5 Å². The van der Waals surface area contributed by atoms with Gasteiger partial charge in [-0.25, -0.2) is 4.79 Å². The molecule has 1 heterocycles. The van der Waals surface area contributed by atoms with Crippen LogP contribution in [0.4, 0.5) is 4.79 Å². The molecule has 1 fully saturated rings. The molecule has 2 rings (SSSR count). The van der Waals surface area contributed by atoms with Crippen LogP contribution in [0.5, 0.6) is 5.75 Å². The molecule has 1 atom stereocenters. The van der Waals surface area contributed by atoms with E-state index < -0.39 is 11.8 Å². The van der Waals surface area contributed by atoms with Gasteiger partial charge in [0, 0.05) is 19.0 Å². The minimum atomic E-state index is -0.475. The average molecular weight is 341 g/mol. The van der Waals surface area contributed by atoms with Crippen molar-refractivity contribution in [1.82, 2.24) is 4.90 Å². The first-order valence-electron chi connectivity index (χ1n) is 7.91. The molecule has 0 aromatic heterocycles. The van der Waals surface area contributed by atoms with E-state index in [0.717, 1.165) is 12.8 Å². The maximum atomic E-state index is 12.0. The summed E-state index contributed by atoms with van der Waals surface area (Å²) in [5, 5.41) is 0.550. The van der Waals surface area contributed by atoms with Gasteiger partial charge in [-0.2, -0.15) is 0 Å². The van der Waals surface area contributed by atoms with Crippen LogP contribution in [0.1, 0.15) is 33.6 Å². The summed E-state index contributed by atoms with van der Waals surface area (Å²) in [5.41, 5.74) is 5.68. The second-order valence-electron chi connectivity index (χ2n) is 6.82. The second-order valence-corrected chi connectivity index (χ2v) is 7.22. The molecular weight excluding hydrogens is 316 g/mol. The van der Waals surface area contributed by atoms with Crippen LogP contribution in [0.15, 0.2) is 24.3 Å². The van der Waals surface area contributed by atoms with Crippen LogP contribution in [-0.2, 0) is 4.74 Å². The molecule has 1 aromatic carbocycles. The Bertz CT molecular complexity index is 537. The molecule has 1 amide bonds. The summed E-state index contributed by atoms with van der Waals surface area (Å²) in [5.74, 6) is 0.779. The van der Waals surface area contributed by atoms with Crippen LogP contribution in [0.2, 0.25) is 5.02 Å². The summed E-state index contributed by atoms with van der Waals surface area (Å²) in [7, 11) is 0. The van der Waals surface area contributed by atoms with Gasteiger partial charge in [0.15, 0.2) is 6.23 Å². The fourth-order valence-corrected chi connectivity index (χ4v) is 2.70. The van der Waals surface area contributed by atoms with E-state index in [0.29, 0.717) is 23.9 Å². The Morgan fingerprint density at radius 2 is 1.91 bits per heavy atom. The van der Waals surface area contributed by atoms with Crippen molar-refractivity contribution in [3.8, 4) is 5.75 Å². The van der Waals surface area contributed by atoms with Gasteiger partial charge in [-0.15, -0.1) is 0 Å². The third-order valence-corrected chi connectivity index (χ3v) is 4.07. The van der Waals surface area contributed by atoms with E-state index in [1.54, 1.807) is 17.0 Å². The van der Waals surface area contributed by atoms with Crippen molar-refractivity contribution >= 4 is 17.7 Å². The third kappa shape index (κ3) is 5.29. The minimum absolute atomic E-state index is 0.185. The Morgan fingerprint density at radius 3 is 2.48 bits per heavy atom. The molecule has 1 aromatic rings. The largest absolute Gasteiger partial charge is 0.474 e. The van der Waals surface area contributed by atoms with Crippen molar-refractivity contribution in [2.24, 2.45) is 11.7 Å². The molecule has 1 aliphatic rings. The van der Waals surface area contributed by atoms with Gasteiger partial charge in [0.2, 0.25) is 0 Å². The molecule has 0 saturated carbocycles. The van der Waals surface area contributed by atoms with Gasteiger partial charge in [-0.1, -0.05) is 23.7 Å². The van der Waals surface area contributed by atoms with Crippen molar-refractivity contribution in [2.75, 3.05) is 13.1 Å². The summed E-state index contributed by atoms with van der Waals surface area (Å²) in [6.45, 7) is 6.85. The summed E-state index contributed by atoms with van der Waals surface area (Å²) in [6.07, 6.45) is 0.864. The number of likely N-dealkylation sites (tertiary alicyclic amines) is 1. The summed E-state index contributed by atoms with van der Waals surface area (Å²) in [4.78, 5) is 13.8. The highest BCUT2D eigenvalue weighted by molar-refractivity contribution is 6.32. The van der Waals surface area contributed by atoms with Gasteiger partial charge in [0.25, 0.3) is 0 Å². The number of carbonyl (C=O) groups excluding carboxylic acids is 1. The number of ether oxygens (including phenoxy) is 2. The van der Waals surface area contributed by atoms with Gasteiger partial charge in [-0.05, 0) is 45.7 Å². The van der Waals surface area contributed by atoms with Gasteiger partial charge in [0.05, 0.1) is 5.02 Å². The van der Waals surface area contributed by atoms with Crippen LogP contribution in [0.25, 0.3) is 0 Å². The SMILES string of the molecule is CC(C)(C)OC(=O)N1CCC([C@@H](N)Oc2ccccc2Cl)CC1. The molecule has 0 aliphatic carbocycles. The van der Waals surface area contributed by atoms with Gasteiger partial charge >= 0.3 is 6.09 Å². The van der Waals surface area contributed by atoms with Crippen LogP contribution in [0.3, 0.4) is 0 Å². The van der Waals surface area contributed by atoms with Gasteiger partial charge in [-0.3, -0.25) is 5.73 Å². The maximum absolute atomic E-state index is 12.0. The standard InChI is InChI=1S/C17H25ClN2O3/c1-17(2,3)23-16(21)20-10-8-12(9-11-20)15(19)22-14-7-5-4-6-13(14)18/h4-7,12,15H,8-11,19H2,1-3H3/t15-/m0/s1. The normalized spacial score (nSPS) is 17.7. The Labute approximate surface area is 142 Å². The van der Waals surface area contributed by atoms with Crippen molar-refractivity contribution in [3.63, 3.8) is 0 Å². The predicted octanol–water partition coefficient (Wildman–Crippen LogP) is 3.65. The highest BCUT2D eigenvalue weighted by Crippen LogP contribution is 2.27. The number of para-hydroxylation sites is 1. The van der Waals surface area contributed by atoms with E-state index >= 15 is 0 Å². The maximum Gasteiger partial charge on any atom is 0.410 e. The zero-order valence-electron chi connectivity index (χ0n) is 13.9. The minimum Gasteiger partial charge on any atom is -0.474 e. The number of nitrogens with two attached hydrogens (primary N) is 1. The lowest BCUT2D eigenvalue weighted by Gasteiger charge is -2.35. The fraction of sp³-hybridized carbons (Fsp3) is 0.588. The number of hydrogen-bond donors (Lipinski definition) is 1. The molecule has 2 N–H and O–H groups in total. The number of rotatable bonds is 3. The number of amides is 1. The van der Waals surface area contributed by atoms with E-state index in [1.165, 1.54) is 0 Å². The molecule has 1 aliphatic heterocycles. The van der Waals surface area contributed by atoms with E-state index in [1.807, 2.05) is 32.9 Å². The first-order valence-corrected chi connectivity index (χ1v) is 8.29. The third-order valence-electron chi connectivity index (χ3n) is 3.76. The lowest BCUT2D eigenvalue weighted by molar-refractivity contribution is 0.0112. The Kier molecular flexibility index (Phi) is 5.76. The Hall–Kier alpha value is -1.46. The number of piperidine rings is 1. The molecule has 6 heteroatoms. The smallest absolute Gasteiger partial charge is 0.410 e. The number of carbonyl (C=O) groups is 1. The molecule has 23 heavy (non-hydrogen) atoms. The van der Waals surface area contributed by atoms with E-state index in [9.17, 15) is 4.79 Å². The molecule has 1 saturated heterocycles. The zero-order chi connectivity index (χ0) is 17.0. The zero-order valence-corrected chi connectivity index (χ0v) is 14.7. The van der Waals surface area contributed by atoms with Crippen LogP contribution in [-0.4, -0.2) is 35.9 Å². The molecule has 0 unspecified atom stereocenters. The number of benzene rings is 1. The summed E-state index contributed by atoms with van der Waals surface area (Å²) in [6, 6.07) is 7.28. The molecular formula is C17H25ClN2O3. The quantitative estimate of drug-likeness (QED) is 0.853. The van der Waals surface area contributed by atoms with Crippen molar-refractivity contribution in [3.05, 3.63) is 29.3 Å². The predicted molar refractivity (Wildman–Crippen MR) is 90.6 cm³/mol. The lowest BCUT2D eigenvalue weighted by atomic mass is 9.95. The van der Waals surface area contributed by atoms with Gasteiger partial charge < -0.3 is 14.4 Å². The first-order chi connectivity index (χ1) is 10.8. The molecule has 128 valence electrons. The highest BCUT2D eigenvalue weighted by Gasteiger charge is 2.30. The van der Waals surface area contributed by atoms with Crippen molar-refractivity contribution in [2.45, 2.75) is 45.4 Å². The average Bonchev–Trinajstić information content (AvgIpc) is 2.48. The molecule has 0 spiro atoms.